The predicted molar refractivity (Wildman–Crippen MR) is 55.1 cm³/mol. The zero-order valence-corrected chi connectivity index (χ0v) is 8.62. The lowest BCUT2D eigenvalue weighted by Gasteiger charge is -2.04. The molecule has 1 amide bonds. The molecule has 1 aliphatic rings. The number of benzene rings is 1. The molecule has 15 heavy (non-hydrogen) atoms. The molecule has 3 N–H and O–H groups in total. The number of carbonyl (C=O) groups excluding carboxylic acids is 1. The molecule has 0 saturated carbocycles. The van der Waals surface area contributed by atoms with E-state index < -0.39 is 21.8 Å². The van der Waals surface area contributed by atoms with Gasteiger partial charge in [0.05, 0.1) is 22.4 Å². The molecule has 1 atom stereocenters. The SMILES string of the molecule is N[C@H]1CS(=O)(=O)c2ccccc2NC1=O. The number of para-hydroxylation sites is 1. The van der Waals surface area contributed by atoms with E-state index in [0.717, 1.165) is 0 Å². The van der Waals surface area contributed by atoms with E-state index in [-0.39, 0.29) is 10.6 Å². The molecule has 0 aliphatic carbocycles. The summed E-state index contributed by atoms with van der Waals surface area (Å²) in [6.45, 7) is 0. The molecule has 0 radical (unpaired) electrons. The van der Waals surface area contributed by atoms with Crippen molar-refractivity contribution in [3.63, 3.8) is 0 Å². The van der Waals surface area contributed by atoms with Crippen LogP contribution in [0.15, 0.2) is 29.2 Å². The van der Waals surface area contributed by atoms with Crippen molar-refractivity contribution < 1.29 is 13.2 Å². The first kappa shape index (κ1) is 10.1. The minimum absolute atomic E-state index is 0.131. The van der Waals surface area contributed by atoms with Crippen LogP contribution in [0, 0.1) is 0 Å². The number of carbonyl (C=O) groups is 1. The normalized spacial score (nSPS) is 23.8. The first-order valence-corrected chi connectivity index (χ1v) is 6.04. The lowest BCUT2D eigenvalue weighted by Crippen LogP contribution is -2.38. The summed E-state index contributed by atoms with van der Waals surface area (Å²) in [5.41, 5.74) is 5.74. The molecule has 1 aromatic rings. The Morgan fingerprint density at radius 2 is 2.00 bits per heavy atom. The Morgan fingerprint density at radius 3 is 2.73 bits per heavy atom. The van der Waals surface area contributed by atoms with Crippen molar-refractivity contribution in [1.82, 2.24) is 0 Å². The fourth-order valence-electron chi connectivity index (χ4n) is 1.47. The molecule has 6 heteroatoms. The summed E-state index contributed by atoms with van der Waals surface area (Å²) in [4.78, 5) is 11.5. The van der Waals surface area contributed by atoms with Gasteiger partial charge in [-0.15, -0.1) is 0 Å². The van der Waals surface area contributed by atoms with Crippen molar-refractivity contribution >= 4 is 21.4 Å². The van der Waals surface area contributed by atoms with Crippen LogP contribution in [0.1, 0.15) is 0 Å². The van der Waals surface area contributed by atoms with E-state index in [1.54, 1.807) is 18.2 Å². The zero-order chi connectivity index (χ0) is 11.1. The zero-order valence-electron chi connectivity index (χ0n) is 7.80. The van der Waals surface area contributed by atoms with Gasteiger partial charge in [-0.1, -0.05) is 12.1 Å². The number of sulfone groups is 1. The summed E-state index contributed by atoms with van der Waals surface area (Å²) in [6.07, 6.45) is 0. The second kappa shape index (κ2) is 3.32. The summed E-state index contributed by atoms with van der Waals surface area (Å²) >= 11 is 0. The maximum Gasteiger partial charge on any atom is 0.242 e. The van der Waals surface area contributed by atoms with Gasteiger partial charge in [0.15, 0.2) is 9.84 Å². The number of rotatable bonds is 0. The van der Waals surface area contributed by atoms with Crippen molar-refractivity contribution in [2.24, 2.45) is 5.73 Å². The highest BCUT2D eigenvalue weighted by molar-refractivity contribution is 7.91. The number of amides is 1. The predicted octanol–water partition coefficient (Wildman–Crippen LogP) is -0.260. The molecular weight excluding hydrogens is 216 g/mol. The molecule has 0 aromatic heterocycles. The summed E-state index contributed by atoms with van der Waals surface area (Å²) in [5.74, 6) is -0.820. The van der Waals surface area contributed by atoms with E-state index in [1.165, 1.54) is 6.07 Å². The average molecular weight is 226 g/mol. The number of nitrogens with one attached hydrogen (secondary N) is 1. The second-order valence-corrected chi connectivity index (χ2v) is 5.38. The van der Waals surface area contributed by atoms with Crippen LogP contribution < -0.4 is 11.1 Å². The van der Waals surface area contributed by atoms with E-state index in [1.807, 2.05) is 0 Å². The van der Waals surface area contributed by atoms with Gasteiger partial charge in [0.25, 0.3) is 0 Å². The molecule has 0 unspecified atom stereocenters. The maximum atomic E-state index is 11.8. The summed E-state index contributed by atoms with van der Waals surface area (Å²) < 4.78 is 23.6. The minimum atomic E-state index is -3.47. The number of nitrogens with two attached hydrogens (primary N) is 1. The number of hydrogen-bond acceptors (Lipinski definition) is 4. The highest BCUT2D eigenvalue weighted by Gasteiger charge is 2.30. The Kier molecular flexibility index (Phi) is 2.24. The van der Waals surface area contributed by atoms with Crippen LogP contribution in [0.5, 0.6) is 0 Å². The smallest absolute Gasteiger partial charge is 0.242 e. The molecule has 0 saturated heterocycles. The first-order chi connectivity index (χ1) is 7.00. The minimum Gasteiger partial charge on any atom is -0.324 e. The van der Waals surface area contributed by atoms with Gasteiger partial charge in [0.2, 0.25) is 5.91 Å². The Hall–Kier alpha value is -1.40. The third kappa shape index (κ3) is 1.73. The van der Waals surface area contributed by atoms with Gasteiger partial charge < -0.3 is 11.1 Å². The molecule has 5 nitrogen and oxygen atoms in total. The molecule has 1 aliphatic heterocycles. The maximum absolute atomic E-state index is 11.8. The molecule has 0 spiro atoms. The third-order valence-corrected chi connectivity index (χ3v) is 4.04. The van der Waals surface area contributed by atoms with Crippen LogP contribution in [0.25, 0.3) is 0 Å². The van der Waals surface area contributed by atoms with Crippen LogP contribution in [0.4, 0.5) is 5.69 Å². The highest BCUT2D eigenvalue weighted by Crippen LogP contribution is 2.24. The fourth-order valence-corrected chi connectivity index (χ4v) is 3.01. The quantitative estimate of drug-likeness (QED) is 0.637. The third-order valence-electron chi connectivity index (χ3n) is 2.22. The summed E-state index contributed by atoms with van der Waals surface area (Å²) in [6, 6.07) is 5.26. The Balaban J connectivity index is 2.63. The van der Waals surface area contributed by atoms with Crippen molar-refractivity contribution in [2.45, 2.75) is 10.9 Å². The topological polar surface area (TPSA) is 89.3 Å². The van der Waals surface area contributed by atoms with Crippen LogP contribution in [-0.4, -0.2) is 26.1 Å². The van der Waals surface area contributed by atoms with Crippen LogP contribution >= 0.6 is 0 Å². The van der Waals surface area contributed by atoms with Gasteiger partial charge in [-0.2, -0.15) is 0 Å². The van der Waals surface area contributed by atoms with Crippen molar-refractivity contribution in [3.05, 3.63) is 24.3 Å². The lowest BCUT2D eigenvalue weighted by molar-refractivity contribution is -0.116. The highest BCUT2D eigenvalue weighted by atomic mass is 32.2. The standard InChI is InChI=1S/C9H10N2O3S/c10-6-5-15(13,14)8-4-2-1-3-7(8)11-9(6)12/h1-4,6H,5,10H2,(H,11,12)/t6-/m0/s1. The first-order valence-electron chi connectivity index (χ1n) is 4.39. The van der Waals surface area contributed by atoms with Crippen LogP contribution in [0.2, 0.25) is 0 Å². The summed E-state index contributed by atoms with van der Waals surface area (Å²) in [7, 11) is -3.47. The molecule has 0 fully saturated rings. The van der Waals surface area contributed by atoms with Gasteiger partial charge in [-0.3, -0.25) is 4.79 Å². The van der Waals surface area contributed by atoms with Gasteiger partial charge in [-0.25, -0.2) is 8.42 Å². The molecule has 2 rings (SSSR count). The van der Waals surface area contributed by atoms with Crippen molar-refractivity contribution in [3.8, 4) is 0 Å². The molecule has 1 aromatic carbocycles. The van der Waals surface area contributed by atoms with E-state index in [9.17, 15) is 13.2 Å². The van der Waals surface area contributed by atoms with E-state index in [0.29, 0.717) is 5.69 Å². The van der Waals surface area contributed by atoms with Crippen molar-refractivity contribution in [1.29, 1.82) is 0 Å². The monoisotopic (exact) mass is 226 g/mol. The van der Waals surface area contributed by atoms with E-state index in [2.05, 4.69) is 5.32 Å². The van der Waals surface area contributed by atoms with E-state index in [4.69, 9.17) is 5.73 Å². The van der Waals surface area contributed by atoms with Crippen molar-refractivity contribution in [2.75, 3.05) is 11.1 Å². The van der Waals surface area contributed by atoms with Gasteiger partial charge in [-0.05, 0) is 12.1 Å². The molecule has 1 heterocycles. The molecule has 0 bridgehead atoms. The average Bonchev–Trinajstić information content (AvgIpc) is 2.24. The number of fused-ring (bicyclic) bond motifs is 1. The molecule has 80 valence electrons. The Bertz CT molecular complexity index is 510. The van der Waals surface area contributed by atoms with Gasteiger partial charge in [0.1, 0.15) is 0 Å². The Morgan fingerprint density at radius 1 is 1.33 bits per heavy atom. The molecular formula is C9H10N2O3S. The van der Waals surface area contributed by atoms with Gasteiger partial charge in [0, 0.05) is 0 Å². The number of hydrogen-bond donors (Lipinski definition) is 2. The fraction of sp³-hybridized carbons (Fsp3) is 0.222. The van der Waals surface area contributed by atoms with Gasteiger partial charge >= 0.3 is 0 Å². The van der Waals surface area contributed by atoms with Crippen LogP contribution in [-0.2, 0) is 14.6 Å². The number of anilines is 1. The second-order valence-electron chi connectivity index (χ2n) is 3.37. The summed E-state index contributed by atoms with van der Waals surface area (Å²) in [5, 5.41) is 2.48. The Labute approximate surface area is 87.2 Å². The van der Waals surface area contributed by atoms with Crippen LogP contribution in [0.3, 0.4) is 0 Å². The lowest BCUT2D eigenvalue weighted by atomic mass is 10.3. The van der Waals surface area contributed by atoms with E-state index >= 15 is 0 Å². The largest absolute Gasteiger partial charge is 0.324 e.